The molecule has 0 spiro atoms. The van der Waals surface area contributed by atoms with Crippen LogP contribution in [0.3, 0.4) is 0 Å². The van der Waals surface area contributed by atoms with Crippen LogP contribution in [0.15, 0.2) is 62.8 Å². The van der Waals surface area contributed by atoms with Crippen molar-refractivity contribution in [2.75, 3.05) is 11.5 Å². The molecule has 0 fully saturated rings. The summed E-state index contributed by atoms with van der Waals surface area (Å²) in [5.74, 6) is -0.611. The second-order valence-corrected chi connectivity index (χ2v) is 8.81. The average Bonchev–Trinajstić information content (AvgIpc) is 2.46. The number of aryl methyl sites for hydroxylation is 1. The van der Waals surface area contributed by atoms with E-state index in [1.165, 1.54) is 11.8 Å². The first-order valence-electron chi connectivity index (χ1n) is 6.56. The SMILES string of the molecule is Cc1ccc(S(=O)(=O)CC(=O)CSc2ccc(Br)cc2)cc1. The van der Waals surface area contributed by atoms with Crippen LogP contribution in [0.5, 0.6) is 0 Å². The van der Waals surface area contributed by atoms with Gasteiger partial charge in [0.05, 0.1) is 10.6 Å². The number of benzene rings is 2. The Hall–Kier alpha value is -1.11. The van der Waals surface area contributed by atoms with Gasteiger partial charge in [0.1, 0.15) is 5.75 Å². The van der Waals surface area contributed by atoms with Crippen molar-refractivity contribution in [2.45, 2.75) is 16.7 Å². The number of sulfone groups is 1. The Morgan fingerprint density at radius 2 is 1.64 bits per heavy atom. The van der Waals surface area contributed by atoms with Crippen molar-refractivity contribution in [3.63, 3.8) is 0 Å². The lowest BCUT2D eigenvalue weighted by Crippen LogP contribution is -2.17. The Bertz CT molecular complexity index is 751. The molecule has 0 unspecified atom stereocenters. The summed E-state index contributed by atoms with van der Waals surface area (Å²) in [4.78, 5) is 13.1. The van der Waals surface area contributed by atoms with Gasteiger partial charge >= 0.3 is 0 Å². The number of Topliss-reactive ketones (excluding diaryl/α,β-unsaturated/α-hetero) is 1. The number of ketones is 1. The molecule has 0 bridgehead atoms. The van der Waals surface area contributed by atoms with E-state index in [-0.39, 0.29) is 16.4 Å². The van der Waals surface area contributed by atoms with Crippen LogP contribution >= 0.6 is 27.7 Å². The summed E-state index contributed by atoms with van der Waals surface area (Å²) in [6.45, 7) is 1.89. The highest BCUT2D eigenvalue weighted by Crippen LogP contribution is 2.21. The number of halogens is 1. The first-order valence-corrected chi connectivity index (χ1v) is 9.99. The quantitative estimate of drug-likeness (QED) is 0.692. The van der Waals surface area contributed by atoms with Crippen LogP contribution in [0.4, 0.5) is 0 Å². The molecule has 0 N–H and O–H groups in total. The fourth-order valence-corrected chi connectivity index (χ4v) is 4.17. The van der Waals surface area contributed by atoms with Gasteiger partial charge in [0, 0.05) is 9.37 Å². The molecule has 0 aromatic heterocycles. The Morgan fingerprint density at radius 3 is 2.23 bits per heavy atom. The molecule has 6 heteroatoms. The lowest BCUT2D eigenvalue weighted by Gasteiger charge is -2.05. The minimum atomic E-state index is -3.56. The monoisotopic (exact) mass is 398 g/mol. The number of hydrogen-bond acceptors (Lipinski definition) is 4. The summed E-state index contributed by atoms with van der Waals surface area (Å²) in [6.07, 6.45) is 0. The average molecular weight is 399 g/mol. The van der Waals surface area contributed by atoms with Gasteiger partial charge in [0.25, 0.3) is 0 Å². The summed E-state index contributed by atoms with van der Waals surface area (Å²) in [5, 5.41) is 0. The van der Waals surface area contributed by atoms with E-state index in [1.807, 2.05) is 31.2 Å². The van der Waals surface area contributed by atoms with Gasteiger partial charge in [-0.05, 0) is 43.3 Å². The minimum Gasteiger partial charge on any atom is -0.298 e. The van der Waals surface area contributed by atoms with Crippen LogP contribution < -0.4 is 0 Å². The van der Waals surface area contributed by atoms with E-state index >= 15 is 0 Å². The predicted molar refractivity (Wildman–Crippen MR) is 93.1 cm³/mol. The van der Waals surface area contributed by atoms with E-state index in [0.717, 1.165) is 14.9 Å². The van der Waals surface area contributed by atoms with Crippen molar-refractivity contribution in [3.05, 3.63) is 58.6 Å². The minimum absolute atomic E-state index is 0.146. The molecule has 22 heavy (non-hydrogen) atoms. The highest BCUT2D eigenvalue weighted by molar-refractivity contribution is 9.10. The summed E-state index contributed by atoms with van der Waals surface area (Å²) in [6, 6.07) is 14.1. The van der Waals surface area contributed by atoms with E-state index < -0.39 is 15.6 Å². The summed E-state index contributed by atoms with van der Waals surface area (Å²) in [7, 11) is -3.56. The maximum Gasteiger partial charge on any atom is 0.185 e. The van der Waals surface area contributed by atoms with Gasteiger partial charge in [0.2, 0.25) is 0 Å². The van der Waals surface area contributed by atoms with E-state index in [2.05, 4.69) is 15.9 Å². The fraction of sp³-hybridized carbons (Fsp3) is 0.188. The third-order valence-corrected chi connectivity index (χ3v) is 6.24. The number of carbonyl (C=O) groups excluding carboxylic acids is 1. The van der Waals surface area contributed by atoms with Crippen LogP contribution in [-0.4, -0.2) is 25.7 Å². The summed E-state index contributed by atoms with van der Waals surface area (Å²) < 4.78 is 25.3. The van der Waals surface area contributed by atoms with E-state index in [1.54, 1.807) is 24.3 Å². The van der Waals surface area contributed by atoms with Gasteiger partial charge in [-0.25, -0.2) is 8.42 Å². The van der Waals surface area contributed by atoms with Gasteiger partial charge < -0.3 is 0 Å². The normalized spacial score (nSPS) is 11.4. The van der Waals surface area contributed by atoms with Gasteiger partial charge in [-0.3, -0.25) is 4.79 Å². The van der Waals surface area contributed by atoms with Crippen molar-refractivity contribution >= 4 is 43.3 Å². The molecule has 0 radical (unpaired) electrons. The predicted octanol–water partition coefficient (Wildman–Crippen LogP) is 3.89. The van der Waals surface area contributed by atoms with E-state index in [9.17, 15) is 13.2 Å². The van der Waals surface area contributed by atoms with Gasteiger partial charge in [-0.1, -0.05) is 33.6 Å². The van der Waals surface area contributed by atoms with E-state index in [4.69, 9.17) is 0 Å². The molecule has 3 nitrogen and oxygen atoms in total. The lowest BCUT2D eigenvalue weighted by molar-refractivity contribution is -0.114. The van der Waals surface area contributed by atoms with Crippen LogP contribution in [0, 0.1) is 6.92 Å². The van der Waals surface area contributed by atoms with Crippen LogP contribution in [-0.2, 0) is 14.6 Å². The Labute approximate surface area is 143 Å². The van der Waals surface area contributed by atoms with E-state index in [0.29, 0.717) is 0 Å². The zero-order valence-electron chi connectivity index (χ0n) is 12.0. The zero-order chi connectivity index (χ0) is 16.2. The molecule has 0 saturated carbocycles. The molecule has 116 valence electrons. The van der Waals surface area contributed by atoms with Gasteiger partial charge in [-0.15, -0.1) is 11.8 Å². The lowest BCUT2D eigenvalue weighted by atomic mass is 10.2. The van der Waals surface area contributed by atoms with Crippen LogP contribution in [0.2, 0.25) is 0 Å². The second-order valence-electron chi connectivity index (χ2n) is 4.85. The Kier molecular flexibility index (Phi) is 5.83. The van der Waals surface area contributed by atoms with Crippen molar-refractivity contribution in [2.24, 2.45) is 0 Å². The highest BCUT2D eigenvalue weighted by Gasteiger charge is 2.19. The largest absolute Gasteiger partial charge is 0.298 e. The molecule has 0 aliphatic rings. The zero-order valence-corrected chi connectivity index (χ0v) is 15.2. The Morgan fingerprint density at radius 1 is 1.05 bits per heavy atom. The first-order chi connectivity index (χ1) is 10.4. The second kappa shape index (κ2) is 7.44. The molecule has 2 rings (SSSR count). The molecule has 0 heterocycles. The summed E-state index contributed by atoms with van der Waals surface area (Å²) in [5.41, 5.74) is 0.982. The molecular weight excluding hydrogens is 384 g/mol. The van der Waals surface area contributed by atoms with Crippen molar-refractivity contribution in [3.8, 4) is 0 Å². The number of hydrogen-bond donors (Lipinski definition) is 0. The van der Waals surface area contributed by atoms with Crippen LogP contribution in [0.25, 0.3) is 0 Å². The van der Waals surface area contributed by atoms with Crippen molar-refractivity contribution < 1.29 is 13.2 Å². The molecule has 0 atom stereocenters. The molecule has 2 aromatic carbocycles. The summed E-state index contributed by atoms with van der Waals surface area (Å²) >= 11 is 4.68. The molecule has 2 aromatic rings. The molecular formula is C16H15BrO3S2. The van der Waals surface area contributed by atoms with Crippen molar-refractivity contribution in [1.29, 1.82) is 0 Å². The molecule has 0 saturated heterocycles. The number of rotatable bonds is 6. The van der Waals surface area contributed by atoms with Gasteiger partial charge in [0.15, 0.2) is 15.6 Å². The highest BCUT2D eigenvalue weighted by atomic mass is 79.9. The third kappa shape index (κ3) is 4.97. The molecule has 0 amide bonds. The topological polar surface area (TPSA) is 51.2 Å². The third-order valence-electron chi connectivity index (χ3n) is 2.94. The molecule has 0 aliphatic carbocycles. The number of thioether (sulfide) groups is 1. The smallest absolute Gasteiger partial charge is 0.185 e. The standard InChI is InChI=1S/C16H15BrO3S2/c1-12-2-8-16(9-3-12)22(19,20)11-14(18)10-21-15-6-4-13(17)5-7-15/h2-9H,10-11H2,1H3. The van der Waals surface area contributed by atoms with Crippen LogP contribution in [0.1, 0.15) is 5.56 Å². The first kappa shape index (κ1) is 17.2. The number of carbonyl (C=O) groups is 1. The fourth-order valence-electron chi connectivity index (χ4n) is 1.78. The maximum atomic E-state index is 12.2. The van der Waals surface area contributed by atoms with Crippen molar-refractivity contribution in [1.82, 2.24) is 0 Å². The molecule has 0 aliphatic heterocycles. The van der Waals surface area contributed by atoms with Gasteiger partial charge in [-0.2, -0.15) is 0 Å². The maximum absolute atomic E-state index is 12.2. The Balaban J connectivity index is 1.96.